The van der Waals surface area contributed by atoms with Gasteiger partial charge in [0.2, 0.25) is 12.6 Å². The summed E-state index contributed by atoms with van der Waals surface area (Å²) in [4.78, 5) is 12.3. The van der Waals surface area contributed by atoms with Crippen LogP contribution < -0.4 is 9.47 Å². The van der Waals surface area contributed by atoms with Gasteiger partial charge in [0.15, 0.2) is 11.5 Å². The summed E-state index contributed by atoms with van der Waals surface area (Å²) in [5.41, 5.74) is 1.36. The third-order valence-electron chi connectivity index (χ3n) is 2.85. The highest BCUT2D eigenvalue weighted by Gasteiger charge is 2.18. The molecular weight excluding hydrogens is 274 g/mol. The molecule has 1 aliphatic rings. The molecule has 0 unspecified atom stereocenters. The Labute approximate surface area is 119 Å². The predicted molar refractivity (Wildman–Crippen MR) is 74.8 cm³/mol. The van der Waals surface area contributed by atoms with Crippen LogP contribution in [-0.4, -0.2) is 12.6 Å². The number of benzene rings is 1. The zero-order valence-electron chi connectivity index (χ0n) is 10.3. The van der Waals surface area contributed by atoms with Crippen LogP contribution in [0.1, 0.15) is 15.9 Å². The monoisotopic (exact) mass is 283 g/mol. The fourth-order valence-electron chi connectivity index (χ4n) is 1.87. The lowest BCUT2D eigenvalue weighted by atomic mass is 10.0. The van der Waals surface area contributed by atoms with Gasteiger partial charge in [-0.05, 0) is 46.7 Å². The molecule has 0 saturated carbocycles. The molecule has 20 heavy (non-hydrogen) atoms. The van der Waals surface area contributed by atoms with E-state index < -0.39 is 0 Å². The van der Waals surface area contributed by atoms with Crippen LogP contribution in [0.15, 0.2) is 40.6 Å². The second-order valence-corrected chi connectivity index (χ2v) is 4.90. The summed E-state index contributed by atoms with van der Waals surface area (Å²) in [6.45, 7) is 0.156. The van der Waals surface area contributed by atoms with Crippen LogP contribution in [0.4, 0.5) is 0 Å². The molecule has 4 nitrogen and oxygen atoms in total. The van der Waals surface area contributed by atoms with Crippen LogP contribution in [0.25, 0.3) is 6.08 Å². The normalized spacial score (nSPS) is 13.1. The fourth-order valence-corrected chi connectivity index (χ4v) is 2.48. The van der Waals surface area contributed by atoms with E-state index in [1.54, 1.807) is 24.3 Å². The molecule has 3 rings (SSSR count). The molecule has 0 bridgehead atoms. The van der Waals surface area contributed by atoms with Crippen molar-refractivity contribution in [1.29, 1.82) is 5.26 Å². The maximum atomic E-state index is 12.3. The Morgan fingerprint density at radius 1 is 1.30 bits per heavy atom. The quantitative estimate of drug-likeness (QED) is 0.493. The van der Waals surface area contributed by atoms with Gasteiger partial charge in [-0.3, -0.25) is 4.79 Å². The Bertz CT molecular complexity index is 726. The van der Waals surface area contributed by atoms with Gasteiger partial charge in [-0.1, -0.05) is 0 Å². The minimum Gasteiger partial charge on any atom is -0.454 e. The SMILES string of the molecule is N#C/C(=C\c1ccsc1)C(=O)c1ccc2c(c1)OCO2. The number of fused-ring (bicyclic) bond motifs is 1. The van der Waals surface area contributed by atoms with Gasteiger partial charge in [0.05, 0.1) is 0 Å². The summed E-state index contributed by atoms with van der Waals surface area (Å²) in [6, 6.07) is 8.72. The fraction of sp³-hybridized carbons (Fsp3) is 0.0667. The average molecular weight is 283 g/mol. The number of nitriles is 1. The number of rotatable bonds is 3. The molecule has 5 heteroatoms. The zero-order valence-corrected chi connectivity index (χ0v) is 11.1. The maximum Gasteiger partial charge on any atom is 0.231 e. The molecular formula is C15H9NO3S. The van der Waals surface area contributed by atoms with E-state index in [2.05, 4.69) is 0 Å². The van der Waals surface area contributed by atoms with Gasteiger partial charge in [0.25, 0.3) is 0 Å². The lowest BCUT2D eigenvalue weighted by molar-refractivity contribution is 0.103. The standard InChI is InChI=1S/C15H9NO3S/c16-7-12(5-10-3-4-20-8-10)15(17)11-1-2-13-14(6-11)19-9-18-13/h1-6,8H,9H2/b12-5+. The molecule has 0 radical (unpaired) electrons. The number of hydrogen-bond donors (Lipinski definition) is 0. The summed E-state index contributed by atoms with van der Waals surface area (Å²) < 4.78 is 10.4. The molecule has 0 atom stereocenters. The Morgan fingerprint density at radius 2 is 2.15 bits per heavy atom. The molecule has 1 aliphatic heterocycles. The predicted octanol–water partition coefficient (Wildman–Crippen LogP) is 3.27. The number of carbonyl (C=O) groups excluding carboxylic acids is 1. The molecule has 98 valence electrons. The Balaban J connectivity index is 1.93. The number of ketones is 1. The van der Waals surface area contributed by atoms with E-state index in [9.17, 15) is 4.79 Å². The van der Waals surface area contributed by atoms with Crippen LogP contribution >= 0.6 is 11.3 Å². The van der Waals surface area contributed by atoms with E-state index in [4.69, 9.17) is 14.7 Å². The summed E-state index contributed by atoms with van der Waals surface area (Å²) in [5.74, 6) is 0.822. The topological polar surface area (TPSA) is 59.3 Å². The first-order chi connectivity index (χ1) is 9.78. The van der Waals surface area contributed by atoms with Crippen LogP contribution in [0.2, 0.25) is 0 Å². The Kier molecular flexibility index (Phi) is 3.23. The number of ether oxygens (including phenoxy) is 2. The molecule has 0 aliphatic carbocycles. The highest BCUT2D eigenvalue weighted by molar-refractivity contribution is 7.08. The lowest BCUT2D eigenvalue weighted by Crippen LogP contribution is -2.01. The molecule has 0 amide bonds. The lowest BCUT2D eigenvalue weighted by Gasteiger charge is -2.01. The molecule has 0 saturated heterocycles. The van der Waals surface area contributed by atoms with E-state index in [-0.39, 0.29) is 18.1 Å². The highest BCUT2D eigenvalue weighted by atomic mass is 32.1. The van der Waals surface area contributed by atoms with Gasteiger partial charge in [0.1, 0.15) is 11.6 Å². The minimum absolute atomic E-state index is 0.0993. The smallest absolute Gasteiger partial charge is 0.231 e. The van der Waals surface area contributed by atoms with Gasteiger partial charge in [-0.25, -0.2) is 0 Å². The van der Waals surface area contributed by atoms with Gasteiger partial charge < -0.3 is 9.47 Å². The van der Waals surface area contributed by atoms with Crippen molar-refractivity contribution in [2.45, 2.75) is 0 Å². The van der Waals surface area contributed by atoms with Crippen LogP contribution in [0, 0.1) is 11.3 Å². The van der Waals surface area contributed by atoms with Crippen molar-refractivity contribution in [2.24, 2.45) is 0 Å². The summed E-state index contributed by atoms with van der Waals surface area (Å²) in [6.07, 6.45) is 1.59. The van der Waals surface area contributed by atoms with Gasteiger partial charge in [0, 0.05) is 5.56 Å². The number of allylic oxidation sites excluding steroid dienone is 1. The van der Waals surface area contributed by atoms with Gasteiger partial charge >= 0.3 is 0 Å². The number of nitrogens with zero attached hydrogens (tertiary/aromatic N) is 1. The van der Waals surface area contributed by atoms with Crippen molar-refractivity contribution < 1.29 is 14.3 Å². The molecule has 1 aromatic carbocycles. The van der Waals surface area contributed by atoms with E-state index in [1.807, 2.05) is 22.9 Å². The Morgan fingerprint density at radius 3 is 2.90 bits per heavy atom. The van der Waals surface area contributed by atoms with Crippen LogP contribution in [0.3, 0.4) is 0 Å². The zero-order chi connectivity index (χ0) is 13.9. The summed E-state index contributed by atoms with van der Waals surface area (Å²) in [7, 11) is 0. The first-order valence-electron chi connectivity index (χ1n) is 5.86. The second kappa shape index (κ2) is 5.19. The molecule has 2 heterocycles. The average Bonchev–Trinajstić information content (AvgIpc) is 3.14. The molecule has 1 aromatic heterocycles. The minimum atomic E-state index is -0.322. The van der Waals surface area contributed by atoms with E-state index >= 15 is 0 Å². The van der Waals surface area contributed by atoms with Crippen molar-refractivity contribution in [3.05, 3.63) is 51.7 Å². The van der Waals surface area contributed by atoms with Gasteiger partial charge in [-0.2, -0.15) is 16.6 Å². The summed E-state index contributed by atoms with van der Waals surface area (Å²) in [5, 5.41) is 12.9. The highest BCUT2D eigenvalue weighted by Crippen LogP contribution is 2.33. The van der Waals surface area contributed by atoms with Crippen molar-refractivity contribution in [2.75, 3.05) is 6.79 Å². The van der Waals surface area contributed by atoms with E-state index in [0.29, 0.717) is 17.1 Å². The first-order valence-corrected chi connectivity index (χ1v) is 6.80. The van der Waals surface area contributed by atoms with Crippen LogP contribution in [0.5, 0.6) is 11.5 Å². The second-order valence-electron chi connectivity index (χ2n) is 4.12. The number of thiophene rings is 1. The van der Waals surface area contributed by atoms with Gasteiger partial charge in [-0.15, -0.1) is 0 Å². The molecule has 0 fully saturated rings. The third-order valence-corrected chi connectivity index (χ3v) is 3.56. The first kappa shape index (κ1) is 12.5. The third kappa shape index (κ3) is 2.29. The maximum absolute atomic E-state index is 12.3. The van der Waals surface area contributed by atoms with Crippen molar-refractivity contribution in [3.63, 3.8) is 0 Å². The summed E-state index contributed by atoms with van der Waals surface area (Å²) >= 11 is 1.51. The Hall–Kier alpha value is -2.58. The van der Waals surface area contributed by atoms with E-state index in [1.165, 1.54) is 11.3 Å². The number of hydrogen-bond acceptors (Lipinski definition) is 5. The largest absolute Gasteiger partial charge is 0.454 e. The van der Waals surface area contributed by atoms with E-state index in [0.717, 1.165) is 5.56 Å². The van der Waals surface area contributed by atoms with Crippen LogP contribution in [-0.2, 0) is 0 Å². The van der Waals surface area contributed by atoms with Crippen molar-refractivity contribution in [3.8, 4) is 17.6 Å². The van der Waals surface area contributed by atoms with Crippen molar-refractivity contribution in [1.82, 2.24) is 0 Å². The number of carbonyl (C=O) groups is 1. The van der Waals surface area contributed by atoms with Crippen molar-refractivity contribution >= 4 is 23.2 Å². The molecule has 2 aromatic rings. The molecule has 0 spiro atoms. The molecule has 0 N–H and O–H groups in total. The number of Topliss-reactive ketones (excluding diaryl/α,β-unsaturated/α-hetero) is 1.